The van der Waals surface area contributed by atoms with Gasteiger partial charge in [0.2, 0.25) is 17.7 Å². The van der Waals surface area contributed by atoms with Gasteiger partial charge >= 0.3 is 0 Å². The lowest BCUT2D eigenvalue weighted by Gasteiger charge is -2.43. The maximum absolute atomic E-state index is 15.0. The topological polar surface area (TPSA) is 203 Å². The van der Waals surface area contributed by atoms with Crippen molar-refractivity contribution in [1.82, 2.24) is 25.3 Å². The summed E-state index contributed by atoms with van der Waals surface area (Å²) in [5.41, 5.74) is 10.00. The second-order valence-corrected chi connectivity index (χ2v) is 23.3. The van der Waals surface area contributed by atoms with Gasteiger partial charge in [0, 0.05) is 105 Å². The molecule has 0 bridgehead atoms. The van der Waals surface area contributed by atoms with Gasteiger partial charge in [-0.3, -0.25) is 33.8 Å². The molecule has 3 saturated heterocycles. The number of likely N-dealkylation sites (N-methyl/N-ethyl adjacent to an activating group) is 1. The Labute approximate surface area is 519 Å². The Kier molecular flexibility index (Phi) is 22.9. The fraction of sp³-hybridized carbons (Fsp3) is 0.444. The molecule has 5 amide bonds. The highest BCUT2D eigenvalue weighted by molar-refractivity contribution is 6.08. The normalized spacial score (nSPS) is 22.4. The lowest BCUT2D eigenvalue weighted by atomic mass is 9.78. The summed E-state index contributed by atoms with van der Waals surface area (Å²) in [5, 5.41) is 15.1. The minimum absolute atomic E-state index is 0. The van der Waals surface area contributed by atoms with E-state index in [-0.39, 0.29) is 116 Å². The largest absolute Gasteiger partial charge is 0.381 e. The number of ether oxygens (including phenoxy) is 2. The van der Waals surface area contributed by atoms with Gasteiger partial charge in [-0.1, -0.05) is 36.4 Å². The summed E-state index contributed by atoms with van der Waals surface area (Å²) < 4.78 is 55.3. The van der Waals surface area contributed by atoms with E-state index in [4.69, 9.17) is 15.2 Å². The maximum Gasteiger partial charge on any atom is 0.255 e. The molecule has 0 aromatic heterocycles. The number of amides is 5. The lowest BCUT2D eigenvalue weighted by Crippen LogP contribution is -2.62. The van der Waals surface area contributed by atoms with Gasteiger partial charge in [0.25, 0.3) is 11.8 Å². The maximum atomic E-state index is 15.0. The first kappa shape index (κ1) is 67.3. The highest BCUT2D eigenvalue weighted by Gasteiger charge is 2.49. The third kappa shape index (κ3) is 14.7. The van der Waals surface area contributed by atoms with Crippen LogP contribution in [-0.2, 0) is 47.0 Å². The minimum Gasteiger partial charge on any atom is -0.381 e. The van der Waals surface area contributed by atoms with E-state index in [0.29, 0.717) is 86.0 Å². The van der Waals surface area contributed by atoms with Crippen molar-refractivity contribution >= 4 is 89.5 Å². The van der Waals surface area contributed by atoms with E-state index in [1.54, 1.807) is 66.5 Å². The summed E-state index contributed by atoms with van der Waals surface area (Å²) in [6.45, 7) is 13.4. The average molecular weight is 1250 g/mol. The molecule has 8 atom stereocenters. The van der Waals surface area contributed by atoms with E-state index in [2.05, 4.69) is 50.2 Å². The van der Waals surface area contributed by atoms with Gasteiger partial charge in [0.05, 0.1) is 31.1 Å². The van der Waals surface area contributed by atoms with Crippen molar-refractivity contribution in [3.05, 3.63) is 154 Å². The number of halogens is 6. The number of anilines is 4. The number of hydrogen-bond acceptors (Lipinski definition) is 12. The number of nitrogens with zero attached hydrogens (tertiary/aromatic N) is 4. The van der Waals surface area contributed by atoms with Crippen molar-refractivity contribution in [2.45, 2.75) is 95.2 Å². The minimum atomic E-state index is -1.35. The van der Waals surface area contributed by atoms with Crippen LogP contribution in [0.1, 0.15) is 84.8 Å². The van der Waals surface area contributed by atoms with Crippen molar-refractivity contribution in [2.75, 3.05) is 93.6 Å². The van der Waals surface area contributed by atoms with E-state index in [0.717, 1.165) is 42.9 Å². The Bertz CT molecular complexity index is 3200. The Morgan fingerprint density at radius 2 is 1.49 bits per heavy atom. The van der Waals surface area contributed by atoms with Gasteiger partial charge in [-0.05, 0) is 154 Å². The fourth-order valence-electron chi connectivity index (χ4n) is 12.5. The van der Waals surface area contributed by atoms with Crippen LogP contribution in [0, 0.1) is 29.3 Å². The zero-order valence-corrected chi connectivity index (χ0v) is 51.4. The molecular formula is C63H78Cl3F3N10O7. The predicted molar refractivity (Wildman–Crippen MR) is 333 cm³/mol. The van der Waals surface area contributed by atoms with Gasteiger partial charge in [-0.2, -0.15) is 0 Å². The first-order valence-electron chi connectivity index (χ1n) is 28.8. The third-order valence-corrected chi connectivity index (χ3v) is 17.6. The molecular weight excluding hydrogens is 1170 g/mol. The molecule has 5 aliphatic heterocycles. The monoisotopic (exact) mass is 1250 g/mol. The number of para-hydroxylation sites is 1. The Morgan fingerprint density at radius 3 is 2.17 bits per heavy atom. The molecule has 0 spiro atoms. The molecule has 5 heterocycles. The van der Waals surface area contributed by atoms with Gasteiger partial charge < -0.3 is 51.6 Å². The molecule has 2 unspecified atom stereocenters. The van der Waals surface area contributed by atoms with Crippen LogP contribution in [0.2, 0.25) is 0 Å². The Morgan fingerprint density at radius 1 is 0.802 bits per heavy atom. The molecule has 86 heavy (non-hydrogen) atoms. The number of hydrogen-bond donors (Lipinski definition) is 6. The molecule has 464 valence electrons. The van der Waals surface area contributed by atoms with E-state index in [9.17, 15) is 28.4 Å². The summed E-state index contributed by atoms with van der Waals surface area (Å²) in [4.78, 5) is 80.7. The third-order valence-electron chi connectivity index (χ3n) is 17.6. The molecule has 10 rings (SSSR count). The predicted octanol–water partition coefficient (Wildman–Crippen LogP) is 7.84. The summed E-state index contributed by atoms with van der Waals surface area (Å²) in [5.74, 6) is -5.44. The number of rotatable bonds is 17. The SMILES string of the molecule is CN[C@@H](C)C(N)[C@@H](C(=O)N1Cc2ccc(NC(=O)c3ccc(NC(=O)C4(C)CN(C(=O)CN5C[C@@H](C)NC[C@@H]5CN5CCOC[C@H]5C)c5cc(Cc6ccc(F)cc6)ccc54)cc3)cc2[C@H]1C(=O)Nc1c(F)cccc1F)C1CCOCC1.Cl.Cl.Cl. The molecule has 5 aliphatic rings. The van der Waals surface area contributed by atoms with Crippen LogP contribution in [0.4, 0.5) is 35.9 Å². The number of nitrogens with two attached hydrogens (primary N) is 1. The number of morpholine rings is 1. The van der Waals surface area contributed by atoms with Crippen molar-refractivity contribution in [2.24, 2.45) is 17.6 Å². The summed E-state index contributed by atoms with van der Waals surface area (Å²) in [6.07, 6.45) is 1.64. The summed E-state index contributed by atoms with van der Waals surface area (Å²) in [6, 6.07) is 24.9. The summed E-state index contributed by atoms with van der Waals surface area (Å²) in [7, 11) is 1.76. The molecule has 3 fully saturated rings. The number of carbonyl (C=O) groups is 5. The smallest absolute Gasteiger partial charge is 0.255 e. The lowest BCUT2D eigenvalue weighted by molar-refractivity contribution is -0.146. The fourth-order valence-corrected chi connectivity index (χ4v) is 12.5. The van der Waals surface area contributed by atoms with Crippen LogP contribution in [0.15, 0.2) is 103 Å². The average Bonchev–Trinajstić information content (AvgIpc) is 1.72. The van der Waals surface area contributed by atoms with Crippen LogP contribution in [0.5, 0.6) is 0 Å². The van der Waals surface area contributed by atoms with Gasteiger partial charge in [0.1, 0.15) is 29.2 Å². The van der Waals surface area contributed by atoms with Crippen molar-refractivity contribution in [3.8, 4) is 0 Å². The molecule has 0 aliphatic carbocycles. The van der Waals surface area contributed by atoms with Crippen molar-refractivity contribution in [3.63, 3.8) is 0 Å². The highest BCUT2D eigenvalue weighted by atomic mass is 35.5. The molecule has 0 saturated carbocycles. The van der Waals surface area contributed by atoms with Gasteiger partial charge in [0.15, 0.2) is 0 Å². The molecule has 7 N–H and O–H groups in total. The molecule has 23 heteroatoms. The number of fused-ring (bicyclic) bond motifs is 2. The second-order valence-electron chi connectivity index (χ2n) is 23.3. The molecule has 17 nitrogen and oxygen atoms in total. The van der Waals surface area contributed by atoms with E-state index >= 15 is 8.78 Å². The standard InChI is InChI=1S/C63H75F3N10O7.3ClH/c1-37-31-74(48(30-69-37)33-73-23-26-83-35-38(73)2)34-54(77)76-36-63(4,50-20-11-41(28-53(50)76)27-40-9-15-45(64)16-10-40)62(81)71-46-17-12-43(13-18-46)59(78)70-47-19-14-44-32-75(61(80)55(56(67)39(3)68-5)42-21-24-82-25-22-42)58(49(44)29-47)60(79)72-57-51(65)7-6-8-52(57)66;;;/h6-20,28-29,37-39,42,48,55-56,58,68-69H,21-27,30-36,67H2,1-5H3,(H,70,78)(H,71,81)(H,72,79);3*1H/t37-,38-,39+,48-,55+,56?,58+,63?;;;/m1.../s1. The van der Waals surface area contributed by atoms with Crippen LogP contribution in [0.3, 0.4) is 0 Å². The number of benzene rings is 5. The first-order valence-corrected chi connectivity index (χ1v) is 28.8. The summed E-state index contributed by atoms with van der Waals surface area (Å²) >= 11 is 0. The van der Waals surface area contributed by atoms with Gasteiger partial charge in [-0.25, -0.2) is 13.2 Å². The zero-order valence-electron chi connectivity index (χ0n) is 48.9. The van der Waals surface area contributed by atoms with Crippen molar-refractivity contribution < 1.29 is 46.6 Å². The van der Waals surface area contributed by atoms with Crippen molar-refractivity contribution in [1.29, 1.82) is 0 Å². The zero-order chi connectivity index (χ0) is 58.7. The molecule has 5 aromatic rings. The van der Waals surface area contributed by atoms with E-state index in [1.165, 1.54) is 23.1 Å². The molecule has 0 radical (unpaired) electrons. The number of piperazine rings is 1. The quantitative estimate of drug-likeness (QED) is 0.0528. The molecule has 5 aromatic carbocycles. The number of carbonyl (C=O) groups excluding carboxylic acids is 5. The van der Waals surface area contributed by atoms with Crippen LogP contribution in [0.25, 0.3) is 0 Å². The first-order chi connectivity index (χ1) is 39.9. The van der Waals surface area contributed by atoms with E-state index < -0.39 is 52.6 Å². The Hall–Kier alpha value is -6.17. The van der Waals surface area contributed by atoms with Crippen LogP contribution in [-0.4, -0.2) is 147 Å². The van der Waals surface area contributed by atoms with Crippen LogP contribution >= 0.6 is 37.2 Å². The highest BCUT2D eigenvalue weighted by Crippen LogP contribution is 2.44. The Balaban J connectivity index is 0.00000353. The number of nitrogens with one attached hydrogen (secondary N) is 5. The van der Waals surface area contributed by atoms with E-state index in [1.807, 2.05) is 32.0 Å². The van der Waals surface area contributed by atoms with Gasteiger partial charge in [-0.15, -0.1) is 37.2 Å². The second kappa shape index (κ2) is 29.2. The van der Waals surface area contributed by atoms with Crippen LogP contribution < -0.4 is 37.2 Å².